The topological polar surface area (TPSA) is 50.7 Å². The molecule has 2 aromatic rings. The van der Waals surface area contributed by atoms with Crippen molar-refractivity contribution in [3.8, 4) is 0 Å². The summed E-state index contributed by atoms with van der Waals surface area (Å²) >= 11 is 0. The predicted octanol–water partition coefficient (Wildman–Crippen LogP) is 3.94. The van der Waals surface area contributed by atoms with E-state index in [1.165, 1.54) is 12.1 Å². The van der Waals surface area contributed by atoms with Gasteiger partial charge in [-0.15, -0.1) is 0 Å². The first-order valence-corrected chi connectivity index (χ1v) is 8.76. The van der Waals surface area contributed by atoms with Gasteiger partial charge in [0.1, 0.15) is 11.6 Å². The van der Waals surface area contributed by atoms with Crippen molar-refractivity contribution in [3.63, 3.8) is 0 Å². The summed E-state index contributed by atoms with van der Waals surface area (Å²) in [5, 5.41) is 6.73. The fraction of sp³-hybridized carbons (Fsp3) is 0.333. The van der Waals surface area contributed by atoms with Gasteiger partial charge in [0, 0.05) is 23.9 Å². The second-order valence-electron chi connectivity index (χ2n) is 7.56. The molecule has 6 heteroatoms. The lowest BCUT2D eigenvalue weighted by molar-refractivity contribution is -0.141. The number of carbonyl (C=O) groups is 1. The van der Waals surface area contributed by atoms with Crippen molar-refractivity contribution in [2.75, 3.05) is 6.54 Å². The third-order valence-electron chi connectivity index (χ3n) is 4.82. The second kappa shape index (κ2) is 7.10. The molecule has 1 atom stereocenters. The largest absolute Gasteiger partial charge is 0.379 e. The van der Waals surface area contributed by atoms with E-state index in [9.17, 15) is 13.6 Å². The average Bonchev–Trinajstić information content (AvgIpc) is 3.04. The van der Waals surface area contributed by atoms with E-state index in [0.29, 0.717) is 16.8 Å². The van der Waals surface area contributed by atoms with Crippen LogP contribution < -0.4 is 5.32 Å². The number of amides is 1. The minimum atomic E-state index is -1.23. The molecular formula is C21H22F2N2O2. The molecule has 1 aliphatic rings. The molecule has 2 aromatic carbocycles. The Morgan fingerprint density at radius 2 is 1.78 bits per heavy atom. The standard InChI is InChI=1S/C21H22F2N2O2/c1-20(2,15-9-5-7-11-17(15)23)13-24-19(26)21(3)12-18(25-27-21)14-8-4-6-10-16(14)22/h4-11H,12-13H2,1-3H3,(H,24,26)/t21-/m1/s1. The summed E-state index contributed by atoms with van der Waals surface area (Å²) in [4.78, 5) is 18.0. The number of benzene rings is 2. The Bertz CT molecular complexity index is 895. The lowest BCUT2D eigenvalue weighted by Crippen LogP contribution is -2.48. The minimum Gasteiger partial charge on any atom is -0.379 e. The van der Waals surface area contributed by atoms with E-state index >= 15 is 0 Å². The van der Waals surface area contributed by atoms with Crippen molar-refractivity contribution in [2.45, 2.75) is 38.2 Å². The predicted molar refractivity (Wildman–Crippen MR) is 99.5 cm³/mol. The Hall–Kier alpha value is -2.76. The molecule has 3 rings (SSSR count). The number of hydrogen-bond acceptors (Lipinski definition) is 3. The SMILES string of the molecule is CC(C)(CNC(=O)[C@@]1(C)CC(c2ccccc2F)=NO1)c1ccccc1F. The van der Waals surface area contributed by atoms with Crippen molar-refractivity contribution in [3.05, 3.63) is 71.3 Å². The van der Waals surface area contributed by atoms with Crippen LogP contribution in [0.4, 0.5) is 8.78 Å². The van der Waals surface area contributed by atoms with Crippen molar-refractivity contribution in [2.24, 2.45) is 5.16 Å². The molecule has 0 unspecified atom stereocenters. The van der Waals surface area contributed by atoms with Gasteiger partial charge in [-0.3, -0.25) is 4.79 Å². The summed E-state index contributed by atoms with van der Waals surface area (Å²) in [6.45, 7) is 5.53. The van der Waals surface area contributed by atoms with Gasteiger partial charge < -0.3 is 10.2 Å². The van der Waals surface area contributed by atoms with E-state index in [-0.39, 0.29) is 24.7 Å². The molecule has 27 heavy (non-hydrogen) atoms. The first-order valence-electron chi connectivity index (χ1n) is 8.76. The maximum absolute atomic E-state index is 14.1. The van der Waals surface area contributed by atoms with Crippen molar-refractivity contribution in [1.29, 1.82) is 0 Å². The lowest BCUT2D eigenvalue weighted by Gasteiger charge is -2.28. The van der Waals surface area contributed by atoms with Gasteiger partial charge in [0.2, 0.25) is 5.60 Å². The van der Waals surface area contributed by atoms with Crippen molar-refractivity contribution in [1.82, 2.24) is 5.32 Å². The molecule has 1 N–H and O–H groups in total. The maximum atomic E-state index is 14.1. The summed E-state index contributed by atoms with van der Waals surface area (Å²) in [6, 6.07) is 12.7. The van der Waals surface area contributed by atoms with Gasteiger partial charge in [-0.05, 0) is 24.6 Å². The van der Waals surface area contributed by atoms with E-state index in [0.717, 1.165) is 0 Å². The quantitative estimate of drug-likeness (QED) is 0.864. The Balaban J connectivity index is 1.67. The molecule has 0 aliphatic carbocycles. The van der Waals surface area contributed by atoms with Crippen LogP contribution in [0.3, 0.4) is 0 Å². The van der Waals surface area contributed by atoms with E-state index in [1.54, 1.807) is 43.3 Å². The molecular weight excluding hydrogens is 350 g/mol. The molecule has 0 radical (unpaired) electrons. The van der Waals surface area contributed by atoms with Gasteiger partial charge in [-0.2, -0.15) is 0 Å². The maximum Gasteiger partial charge on any atom is 0.267 e. The van der Waals surface area contributed by atoms with Crippen LogP contribution in [0.2, 0.25) is 0 Å². The highest BCUT2D eigenvalue weighted by atomic mass is 19.1. The van der Waals surface area contributed by atoms with Gasteiger partial charge in [-0.25, -0.2) is 8.78 Å². The van der Waals surface area contributed by atoms with E-state index in [2.05, 4.69) is 10.5 Å². The van der Waals surface area contributed by atoms with Crippen LogP contribution in [0.25, 0.3) is 0 Å². The van der Waals surface area contributed by atoms with Gasteiger partial charge in [0.15, 0.2) is 0 Å². The van der Waals surface area contributed by atoms with Gasteiger partial charge >= 0.3 is 0 Å². The van der Waals surface area contributed by atoms with E-state index in [4.69, 9.17) is 4.84 Å². The zero-order valence-corrected chi connectivity index (χ0v) is 15.6. The zero-order valence-electron chi connectivity index (χ0n) is 15.6. The first kappa shape index (κ1) is 19.0. The monoisotopic (exact) mass is 372 g/mol. The molecule has 0 fully saturated rings. The summed E-state index contributed by atoms with van der Waals surface area (Å²) in [7, 11) is 0. The van der Waals surface area contributed by atoms with Crippen LogP contribution in [0.1, 0.15) is 38.3 Å². The summed E-state index contributed by atoms with van der Waals surface area (Å²) < 4.78 is 28.0. The number of halogens is 2. The number of oxime groups is 1. The van der Waals surface area contributed by atoms with Crippen LogP contribution in [0.5, 0.6) is 0 Å². The number of hydrogen-bond donors (Lipinski definition) is 1. The first-order chi connectivity index (χ1) is 12.7. The molecule has 4 nitrogen and oxygen atoms in total. The van der Waals surface area contributed by atoms with E-state index < -0.39 is 16.8 Å². The smallest absolute Gasteiger partial charge is 0.267 e. The zero-order chi connectivity index (χ0) is 19.7. The minimum absolute atomic E-state index is 0.153. The number of nitrogens with one attached hydrogen (secondary N) is 1. The lowest BCUT2D eigenvalue weighted by atomic mass is 9.84. The van der Waals surface area contributed by atoms with Crippen molar-refractivity contribution < 1.29 is 18.4 Å². The molecule has 1 amide bonds. The second-order valence-corrected chi connectivity index (χ2v) is 7.56. The fourth-order valence-corrected chi connectivity index (χ4v) is 3.09. The Kier molecular flexibility index (Phi) is 5.00. The van der Waals surface area contributed by atoms with Gasteiger partial charge in [-0.1, -0.05) is 55.4 Å². The molecule has 0 spiro atoms. The van der Waals surface area contributed by atoms with Crippen LogP contribution in [-0.4, -0.2) is 23.8 Å². The molecule has 0 aromatic heterocycles. The number of rotatable bonds is 5. The van der Waals surface area contributed by atoms with Gasteiger partial charge in [0.05, 0.1) is 5.71 Å². The van der Waals surface area contributed by atoms with Crippen LogP contribution in [-0.2, 0) is 15.0 Å². The average molecular weight is 372 g/mol. The molecule has 0 saturated carbocycles. The van der Waals surface area contributed by atoms with Crippen LogP contribution in [0, 0.1) is 11.6 Å². The number of carbonyl (C=O) groups excluding carboxylic acids is 1. The third-order valence-corrected chi connectivity index (χ3v) is 4.82. The molecule has 142 valence electrons. The van der Waals surface area contributed by atoms with E-state index in [1.807, 2.05) is 13.8 Å². The molecule has 0 saturated heterocycles. The highest BCUT2D eigenvalue weighted by molar-refractivity contribution is 6.05. The Labute approximate surface area is 157 Å². The highest BCUT2D eigenvalue weighted by Gasteiger charge is 2.43. The fourth-order valence-electron chi connectivity index (χ4n) is 3.09. The molecule has 1 aliphatic heterocycles. The Morgan fingerprint density at radius 1 is 1.15 bits per heavy atom. The summed E-state index contributed by atoms with van der Waals surface area (Å²) in [5.41, 5.74) is -0.611. The highest BCUT2D eigenvalue weighted by Crippen LogP contribution is 2.29. The summed E-state index contributed by atoms with van der Waals surface area (Å²) in [5.74, 6) is -1.10. The normalized spacial score (nSPS) is 19.4. The third kappa shape index (κ3) is 3.84. The van der Waals surface area contributed by atoms with Crippen LogP contribution >= 0.6 is 0 Å². The van der Waals surface area contributed by atoms with Crippen molar-refractivity contribution >= 4 is 11.6 Å². The molecule has 1 heterocycles. The summed E-state index contributed by atoms with van der Waals surface area (Å²) in [6.07, 6.45) is 0.153. The van der Waals surface area contributed by atoms with Crippen LogP contribution in [0.15, 0.2) is 53.7 Å². The molecule has 0 bridgehead atoms. The van der Waals surface area contributed by atoms with Gasteiger partial charge in [0.25, 0.3) is 5.91 Å². The number of nitrogens with zero attached hydrogens (tertiary/aromatic N) is 1. The Morgan fingerprint density at radius 3 is 2.44 bits per heavy atom.